The highest BCUT2D eigenvalue weighted by Crippen LogP contribution is 2.27. The molecule has 3 rings (SSSR count). The van der Waals surface area contributed by atoms with Crippen molar-refractivity contribution >= 4 is 16.1 Å². The molecule has 29 heavy (non-hydrogen) atoms. The van der Waals surface area contributed by atoms with Crippen LogP contribution in [-0.2, 0) is 21.5 Å². The second-order valence-corrected chi connectivity index (χ2v) is 10.4. The van der Waals surface area contributed by atoms with E-state index < -0.39 is 10.2 Å². The number of ether oxygens (including phenoxy) is 1. The van der Waals surface area contributed by atoms with E-state index in [1.165, 1.54) is 0 Å². The summed E-state index contributed by atoms with van der Waals surface area (Å²) in [4.78, 5) is 12.5. The number of amides is 1. The molecule has 0 spiro atoms. The van der Waals surface area contributed by atoms with Crippen LogP contribution in [0, 0.1) is 17.8 Å². The van der Waals surface area contributed by atoms with Crippen molar-refractivity contribution < 1.29 is 17.9 Å². The zero-order valence-electron chi connectivity index (χ0n) is 17.6. The lowest BCUT2D eigenvalue weighted by atomic mass is 9.94. The number of carbonyl (C=O) groups is 1. The van der Waals surface area contributed by atoms with Crippen molar-refractivity contribution in [2.24, 2.45) is 17.8 Å². The van der Waals surface area contributed by atoms with Gasteiger partial charge >= 0.3 is 0 Å². The van der Waals surface area contributed by atoms with E-state index in [9.17, 15) is 13.2 Å². The Morgan fingerprint density at radius 2 is 1.66 bits per heavy atom. The van der Waals surface area contributed by atoms with Gasteiger partial charge in [0.1, 0.15) is 5.75 Å². The minimum Gasteiger partial charge on any atom is -0.497 e. The van der Waals surface area contributed by atoms with E-state index in [0.717, 1.165) is 17.7 Å². The van der Waals surface area contributed by atoms with Crippen molar-refractivity contribution in [3.05, 3.63) is 29.8 Å². The molecule has 2 saturated heterocycles. The van der Waals surface area contributed by atoms with Crippen LogP contribution in [0.4, 0.5) is 0 Å². The van der Waals surface area contributed by atoms with Crippen LogP contribution in [0.2, 0.25) is 0 Å². The van der Waals surface area contributed by atoms with E-state index in [4.69, 9.17) is 4.74 Å². The largest absolute Gasteiger partial charge is 0.497 e. The van der Waals surface area contributed by atoms with Gasteiger partial charge < -0.3 is 10.1 Å². The van der Waals surface area contributed by atoms with Crippen LogP contribution in [0.5, 0.6) is 5.75 Å². The van der Waals surface area contributed by atoms with Gasteiger partial charge in [0.15, 0.2) is 0 Å². The first kappa shape index (κ1) is 22.1. The Hall–Kier alpha value is -1.64. The number of nitrogens with one attached hydrogen (secondary N) is 1. The quantitative estimate of drug-likeness (QED) is 0.761. The third-order valence-corrected chi connectivity index (χ3v) is 7.91. The summed E-state index contributed by atoms with van der Waals surface area (Å²) in [6, 6.07) is 7.59. The van der Waals surface area contributed by atoms with Crippen LogP contribution < -0.4 is 10.1 Å². The predicted molar refractivity (Wildman–Crippen MR) is 113 cm³/mol. The van der Waals surface area contributed by atoms with Crippen LogP contribution in [0.1, 0.15) is 38.7 Å². The molecule has 0 aromatic heterocycles. The molecule has 1 aromatic carbocycles. The number of benzene rings is 1. The van der Waals surface area contributed by atoms with Crippen LogP contribution in [0.25, 0.3) is 0 Å². The summed E-state index contributed by atoms with van der Waals surface area (Å²) in [5.74, 6) is 1.41. The van der Waals surface area contributed by atoms with Crippen molar-refractivity contribution in [3.8, 4) is 5.75 Å². The number of nitrogens with zero attached hydrogens (tertiary/aromatic N) is 2. The molecule has 0 bridgehead atoms. The van der Waals surface area contributed by atoms with Gasteiger partial charge in [-0.2, -0.15) is 17.0 Å². The fourth-order valence-electron chi connectivity index (χ4n) is 4.38. The minimum absolute atomic E-state index is 0.00178. The van der Waals surface area contributed by atoms with Gasteiger partial charge in [0.2, 0.25) is 5.91 Å². The van der Waals surface area contributed by atoms with Crippen LogP contribution in [0.15, 0.2) is 24.3 Å². The van der Waals surface area contributed by atoms with Crippen LogP contribution in [-0.4, -0.2) is 56.2 Å². The summed E-state index contributed by atoms with van der Waals surface area (Å²) in [6.45, 7) is 6.67. The van der Waals surface area contributed by atoms with Gasteiger partial charge in [-0.1, -0.05) is 26.0 Å². The van der Waals surface area contributed by atoms with Crippen LogP contribution in [0.3, 0.4) is 0 Å². The maximum absolute atomic E-state index is 13.0. The first-order valence-corrected chi connectivity index (χ1v) is 11.8. The lowest BCUT2D eigenvalue weighted by molar-refractivity contribution is -0.126. The Bertz CT molecular complexity index is 779. The normalized spacial score (nSPS) is 24.9. The lowest BCUT2D eigenvalue weighted by Gasteiger charge is -2.39. The fraction of sp³-hybridized carbons (Fsp3) is 0.667. The Balaban J connectivity index is 1.49. The van der Waals surface area contributed by atoms with E-state index in [-0.39, 0.29) is 11.8 Å². The van der Waals surface area contributed by atoms with Gasteiger partial charge in [-0.3, -0.25) is 4.79 Å². The van der Waals surface area contributed by atoms with Gasteiger partial charge in [-0.05, 0) is 48.8 Å². The summed E-state index contributed by atoms with van der Waals surface area (Å²) in [5, 5.41) is 2.98. The number of hydrogen-bond donors (Lipinski definition) is 1. The third kappa shape index (κ3) is 5.49. The maximum atomic E-state index is 13.0. The van der Waals surface area contributed by atoms with Gasteiger partial charge in [-0.15, -0.1) is 0 Å². The summed E-state index contributed by atoms with van der Waals surface area (Å²) >= 11 is 0. The van der Waals surface area contributed by atoms with E-state index in [0.29, 0.717) is 57.4 Å². The van der Waals surface area contributed by atoms with E-state index in [2.05, 4.69) is 19.2 Å². The molecule has 162 valence electrons. The van der Waals surface area contributed by atoms with Crippen molar-refractivity contribution in [2.75, 3.05) is 33.3 Å². The molecule has 7 nitrogen and oxygen atoms in total. The molecular formula is C21H33N3O4S. The van der Waals surface area contributed by atoms with E-state index in [1.807, 2.05) is 24.3 Å². The number of rotatable bonds is 6. The third-order valence-electron chi connectivity index (χ3n) is 5.94. The molecule has 2 aliphatic heterocycles. The van der Waals surface area contributed by atoms with Crippen molar-refractivity contribution in [1.29, 1.82) is 0 Å². The number of hydrogen-bond acceptors (Lipinski definition) is 4. The van der Waals surface area contributed by atoms with E-state index >= 15 is 0 Å². The molecule has 2 atom stereocenters. The number of piperidine rings is 2. The first-order chi connectivity index (χ1) is 13.8. The fourth-order valence-corrected chi connectivity index (χ4v) is 6.27. The molecule has 1 amide bonds. The van der Waals surface area contributed by atoms with E-state index in [1.54, 1.807) is 15.7 Å². The Morgan fingerprint density at radius 3 is 2.21 bits per heavy atom. The molecule has 0 unspecified atom stereocenters. The van der Waals surface area contributed by atoms with Gasteiger partial charge in [0, 0.05) is 38.6 Å². The smallest absolute Gasteiger partial charge is 0.281 e. The maximum Gasteiger partial charge on any atom is 0.281 e. The number of carbonyl (C=O) groups excluding carboxylic acids is 1. The van der Waals surface area contributed by atoms with Gasteiger partial charge in [0.25, 0.3) is 10.2 Å². The topological polar surface area (TPSA) is 79.0 Å². The average Bonchev–Trinajstić information content (AvgIpc) is 2.71. The van der Waals surface area contributed by atoms with Crippen molar-refractivity contribution in [1.82, 2.24) is 13.9 Å². The molecule has 2 fully saturated rings. The SMILES string of the molecule is COc1ccc(CNC(=O)C2CCN(S(=O)(=O)N3C[C@H](C)C[C@@H](C)C3)CC2)cc1. The van der Waals surface area contributed by atoms with Crippen molar-refractivity contribution in [3.63, 3.8) is 0 Å². The van der Waals surface area contributed by atoms with Crippen LogP contribution >= 0.6 is 0 Å². The zero-order chi connectivity index (χ0) is 21.0. The molecule has 0 saturated carbocycles. The molecule has 2 aliphatic rings. The summed E-state index contributed by atoms with van der Waals surface area (Å²) < 4.78 is 34.4. The molecule has 0 aliphatic carbocycles. The predicted octanol–water partition coefficient (Wildman–Crippen LogP) is 2.25. The summed E-state index contributed by atoms with van der Waals surface area (Å²) in [5.41, 5.74) is 1.01. The highest BCUT2D eigenvalue weighted by atomic mass is 32.2. The molecule has 0 radical (unpaired) electrons. The molecule has 2 heterocycles. The summed E-state index contributed by atoms with van der Waals surface area (Å²) in [6.07, 6.45) is 2.20. The molecule has 1 aromatic rings. The Kier molecular flexibility index (Phi) is 7.19. The molecular weight excluding hydrogens is 390 g/mol. The molecule has 8 heteroatoms. The van der Waals surface area contributed by atoms with Gasteiger partial charge in [-0.25, -0.2) is 0 Å². The zero-order valence-corrected chi connectivity index (χ0v) is 18.5. The van der Waals surface area contributed by atoms with Gasteiger partial charge in [0.05, 0.1) is 7.11 Å². The monoisotopic (exact) mass is 423 g/mol. The average molecular weight is 424 g/mol. The highest BCUT2D eigenvalue weighted by molar-refractivity contribution is 7.86. The lowest BCUT2D eigenvalue weighted by Crippen LogP contribution is -2.52. The first-order valence-electron chi connectivity index (χ1n) is 10.5. The second-order valence-electron chi connectivity index (χ2n) is 8.51. The highest BCUT2D eigenvalue weighted by Gasteiger charge is 2.37. The Morgan fingerprint density at radius 1 is 1.07 bits per heavy atom. The Labute approximate surface area is 174 Å². The number of methoxy groups -OCH3 is 1. The molecule has 1 N–H and O–H groups in total. The minimum atomic E-state index is -3.44. The second kappa shape index (κ2) is 9.45. The van der Waals surface area contributed by atoms with Crippen molar-refractivity contribution in [2.45, 2.75) is 39.7 Å². The standard InChI is InChI=1S/C21H33N3O4S/c1-16-12-17(2)15-24(14-16)29(26,27)23-10-8-19(9-11-23)21(25)22-13-18-4-6-20(28-3)7-5-18/h4-7,16-17,19H,8-15H2,1-3H3,(H,22,25)/t16-,17-/m1/s1. The summed E-state index contributed by atoms with van der Waals surface area (Å²) in [7, 11) is -1.82.